The fourth-order valence-corrected chi connectivity index (χ4v) is 2.88. The number of alkyl halides is 3. The maximum Gasteiger partial charge on any atom is 0.416 e. The Morgan fingerprint density at radius 3 is 2.44 bits per heavy atom. The van der Waals surface area contributed by atoms with Gasteiger partial charge in [0.15, 0.2) is 0 Å². The van der Waals surface area contributed by atoms with E-state index in [0.29, 0.717) is 12.5 Å². The second-order valence-electron chi connectivity index (χ2n) is 6.25. The third kappa shape index (κ3) is 5.40. The van der Waals surface area contributed by atoms with Gasteiger partial charge in [-0.15, -0.1) is 0 Å². The maximum absolute atomic E-state index is 12.7. The zero-order chi connectivity index (χ0) is 19.3. The Kier molecular flexibility index (Phi) is 5.90. The van der Waals surface area contributed by atoms with Gasteiger partial charge in [0.1, 0.15) is 0 Å². The average molecular weight is 379 g/mol. The fraction of sp³-hybridized carbons (Fsp3) is 0.389. The lowest BCUT2D eigenvalue weighted by atomic mass is 10.2. The van der Waals surface area contributed by atoms with E-state index in [1.54, 1.807) is 18.5 Å². The van der Waals surface area contributed by atoms with Crippen LogP contribution >= 0.6 is 0 Å². The summed E-state index contributed by atoms with van der Waals surface area (Å²) >= 11 is 0. The molecule has 0 saturated carbocycles. The molecule has 1 aromatic heterocycles. The third-order valence-electron chi connectivity index (χ3n) is 4.34. The van der Waals surface area contributed by atoms with Gasteiger partial charge in [0, 0.05) is 57.2 Å². The van der Waals surface area contributed by atoms with Crippen LogP contribution in [-0.2, 0) is 11.0 Å². The highest BCUT2D eigenvalue weighted by Crippen LogP contribution is 2.30. The highest BCUT2D eigenvalue weighted by Gasteiger charge is 2.30. The van der Waals surface area contributed by atoms with E-state index in [1.165, 1.54) is 12.1 Å². The molecule has 1 aromatic carbocycles. The molecule has 27 heavy (non-hydrogen) atoms. The molecule has 1 amide bonds. The molecule has 1 saturated heterocycles. The maximum atomic E-state index is 12.7. The molecule has 144 valence electrons. The fourth-order valence-electron chi connectivity index (χ4n) is 2.88. The molecule has 2 aromatic rings. The van der Waals surface area contributed by atoms with Crippen molar-refractivity contribution in [2.45, 2.75) is 12.6 Å². The minimum Gasteiger partial charge on any atom is -0.338 e. The number of amides is 1. The van der Waals surface area contributed by atoms with Gasteiger partial charge in [-0.05, 0) is 24.3 Å². The summed E-state index contributed by atoms with van der Waals surface area (Å²) in [6.07, 6.45) is -0.805. The number of hydrogen-bond donors (Lipinski definition) is 1. The quantitative estimate of drug-likeness (QED) is 0.866. The molecule has 1 N–H and O–H groups in total. The lowest BCUT2D eigenvalue weighted by Gasteiger charge is -2.34. The van der Waals surface area contributed by atoms with Crippen LogP contribution in [0.5, 0.6) is 0 Å². The standard InChI is InChI=1S/C18H20F3N5O/c19-18(20,21)14-3-1-4-15(13-14)24-16(27)5-8-25-9-11-26(12-10-25)17-22-6-2-7-23-17/h1-4,6-7,13H,5,8-12H2,(H,24,27). The van der Waals surface area contributed by atoms with Gasteiger partial charge in [0.2, 0.25) is 11.9 Å². The first-order valence-electron chi connectivity index (χ1n) is 8.63. The average Bonchev–Trinajstić information content (AvgIpc) is 2.67. The van der Waals surface area contributed by atoms with Crippen LogP contribution in [-0.4, -0.2) is 53.5 Å². The Labute approximate surface area is 155 Å². The molecule has 1 aliphatic rings. The molecule has 0 bridgehead atoms. The number of hydrogen-bond acceptors (Lipinski definition) is 5. The van der Waals surface area contributed by atoms with E-state index in [4.69, 9.17) is 0 Å². The number of carbonyl (C=O) groups is 1. The molecule has 2 heterocycles. The Balaban J connectivity index is 1.44. The number of aromatic nitrogens is 2. The second kappa shape index (κ2) is 8.34. The predicted molar refractivity (Wildman–Crippen MR) is 95.4 cm³/mol. The van der Waals surface area contributed by atoms with E-state index in [9.17, 15) is 18.0 Å². The topological polar surface area (TPSA) is 61.4 Å². The number of carbonyl (C=O) groups excluding carboxylic acids is 1. The number of piperazine rings is 1. The van der Waals surface area contributed by atoms with Crippen LogP contribution in [0, 0.1) is 0 Å². The van der Waals surface area contributed by atoms with Crippen LogP contribution in [0.4, 0.5) is 24.8 Å². The van der Waals surface area contributed by atoms with E-state index in [1.807, 2.05) is 0 Å². The van der Waals surface area contributed by atoms with Gasteiger partial charge < -0.3 is 10.2 Å². The molecule has 0 atom stereocenters. The van der Waals surface area contributed by atoms with Gasteiger partial charge in [-0.1, -0.05) is 6.07 Å². The number of rotatable bonds is 5. The molecule has 9 heteroatoms. The normalized spacial score (nSPS) is 15.6. The van der Waals surface area contributed by atoms with Crippen molar-refractivity contribution in [3.63, 3.8) is 0 Å². The van der Waals surface area contributed by atoms with Gasteiger partial charge in [-0.3, -0.25) is 9.69 Å². The van der Waals surface area contributed by atoms with Crippen LogP contribution in [0.25, 0.3) is 0 Å². The monoisotopic (exact) mass is 379 g/mol. The molecule has 0 spiro atoms. The van der Waals surface area contributed by atoms with Crippen molar-refractivity contribution in [1.82, 2.24) is 14.9 Å². The zero-order valence-corrected chi connectivity index (χ0v) is 14.6. The lowest BCUT2D eigenvalue weighted by molar-refractivity contribution is -0.137. The molecule has 3 rings (SSSR count). The first kappa shape index (κ1) is 19.1. The van der Waals surface area contributed by atoms with Crippen LogP contribution in [0.1, 0.15) is 12.0 Å². The van der Waals surface area contributed by atoms with E-state index in [2.05, 4.69) is 25.1 Å². The summed E-state index contributed by atoms with van der Waals surface area (Å²) in [5.41, 5.74) is -0.625. The van der Waals surface area contributed by atoms with Gasteiger partial charge in [-0.2, -0.15) is 13.2 Å². The van der Waals surface area contributed by atoms with E-state index in [-0.39, 0.29) is 18.0 Å². The Hall–Kier alpha value is -2.68. The molecular weight excluding hydrogens is 359 g/mol. The molecule has 6 nitrogen and oxygen atoms in total. The summed E-state index contributed by atoms with van der Waals surface area (Å²) in [6.45, 7) is 3.62. The number of nitrogens with one attached hydrogen (secondary N) is 1. The van der Waals surface area contributed by atoms with Crippen molar-refractivity contribution >= 4 is 17.5 Å². The molecule has 1 aliphatic heterocycles. The minimum atomic E-state index is -4.43. The smallest absolute Gasteiger partial charge is 0.338 e. The van der Waals surface area contributed by atoms with Gasteiger partial charge in [-0.25, -0.2) is 9.97 Å². The Morgan fingerprint density at radius 2 is 1.78 bits per heavy atom. The number of anilines is 2. The summed E-state index contributed by atoms with van der Waals surface area (Å²) in [7, 11) is 0. The predicted octanol–water partition coefficient (Wildman–Crippen LogP) is 2.65. The highest BCUT2D eigenvalue weighted by molar-refractivity contribution is 5.90. The van der Waals surface area contributed by atoms with Crippen LogP contribution < -0.4 is 10.2 Å². The van der Waals surface area contributed by atoms with E-state index in [0.717, 1.165) is 38.3 Å². The van der Waals surface area contributed by atoms with Crippen molar-refractivity contribution in [2.75, 3.05) is 42.9 Å². The van der Waals surface area contributed by atoms with Crippen molar-refractivity contribution < 1.29 is 18.0 Å². The van der Waals surface area contributed by atoms with Crippen LogP contribution in [0.3, 0.4) is 0 Å². The number of halogens is 3. The number of benzene rings is 1. The Bertz CT molecular complexity index is 761. The molecule has 0 unspecified atom stereocenters. The molecule has 0 aliphatic carbocycles. The SMILES string of the molecule is O=C(CCN1CCN(c2ncccn2)CC1)Nc1cccc(C(F)(F)F)c1. The zero-order valence-electron chi connectivity index (χ0n) is 14.6. The van der Waals surface area contributed by atoms with Gasteiger partial charge in [0.05, 0.1) is 5.56 Å². The summed E-state index contributed by atoms with van der Waals surface area (Å²) in [5, 5.41) is 2.53. The largest absolute Gasteiger partial charge is 0.416 e. The second-order valence-corrected chi connectivity index (χ2v) is 6.25. The number of nitrogens with zero attached hydrogens (tertiary/aromatic N) is 4. The molecule has 0 radical (unpaired) electrons. The molecule has 1 fully saturated rings. The van der Waals surface area contributed by atoms with Crippen molar-refractivity contribution in [2.24, 2.45) is 0 Å². The first-order chi connectivity index (χ1) is 12.9. The van der Waals surface area contributed by atoms with Crippen LogP contribution in [0.15, 0.2) is 42.7 Å². The van der Waals surface area contributed by atoms with Crippen molar-refractivity contribution in [3.8, 4) is 0 Å². The summed E-state index contributed by atoms with van der Waals surface area (Å²) in [6, 6.07) is 6.42. The third-order valence-corrected chi connectivity index (χ3v) is 4.34. The summed E-state index contributed by atoms with van der Waals surface area (Å²) < 4.78 is 38.2. The lowest BCUT2D eigenvalue weighted by Crippen LogP contribution is -2.47. The highest BCUT2D eigenvalue weighted by atomic mass is 19.4. The summed E-state index contributed by atoms with van der Waals surface area (Å²) in [4.78, 5) is 24.7. The molecular formula is C18H20F3N5O. The van der Waals surface area contributed by atoms with E-state index >= 15 is 0 Å². The van der Waals surface area contributed by atoms with Gasteiger partial charge >= 0.3 is 6.18 Å². The van der Waals surface area contributed by atoms with E-state index < -0.39 is 11.7 Å². The van der Waals surface area contributed by atoms with Crippen LogP contribution in [0.2, 0.25) is 0 Å². The minimum absolute atomic E-state index is 0.154. The van der Waals surface area contributed by atoms with Crippen molar-refractivity contribution in [3.05, 3.63) is 48.3 Å². The van der Waals surface area contributed by atoms with Gasteiger partial charge in [0.25, 0.3) is 0 Å². The van der Waals surface area contributed by atoms with Crippen molar-refractivity contribution in [1.29, 1.82) is 0 Å². The Morgan fingerprint density at radius 1 is 1.07 bits per heavy atom. The summed E-state index contributed by atoms with van der Waals surface area (Å²) in [5.74, 6) is 0.391. The first-order valence-corrected chi connectivity index (χ1v) is 8.63.